The monoisotopic (exact) mass is 318 g/mol. The third-order valence-corrected chi connectivity index (χ3v) is 6.72. The second kappa shape index (κ2) is 7.40. The van der Waals surface area contributed by atoms with Gasteiger partial charge in [-0.3, -0.25) is 4.90 Å². The van der Waals surface area contributed by atoms with Gasteiger partial charge in [-0.05, 0) is 52.0 Å². The Morgan fingerprint density at radius 2 is 1.90 bits per heavy atom. The third-order valence-electron chi connectivity index (χ3n) is 4.91. The van der Waals surface area contributed by atoms with Gasteiger partial charge in [-0.25, -0.2) is 13.1 Å². The quantitative estimate of drug-likeness (QED) is 0.802. The van der Waals surface area contributed by atoms with E-state index in [2.05, 4.69) is 9.62 Å². The zero-order valence-corrected chi connectivity index (χ0v) is 14.1. The number of aliphatic hydroxyl groups excluding tert-OH is 1. The number of piperidine rings is 1. The fraction of sp³-hybridized carbons (Fsp3) is 1.00. The zero-order chi connectivity index (χ0) is 15.5. The molecule has 0 aromatic heterocycles. The van der Waals surface area contributed by atoms with Crippen molar-refractivity contribution in [3.8, 4) is 0 Å². The maximum atomic E-state index is 11.8. The zero-order valence-electron chi connectivity index (χ0n) is 13.3. The van der Waals surface area contributed by atoms with E-state index in [1.165, 1.54) is 6.42 Å². The molecule has 0 bridgehead atoms. The molecule has 2 rings (SSSR count). The lowest BCUT2D eigenvalue weighted by molar-refractivity contribution is 0.000809. The molecule has 0 amide bonds. The number of hydrogen-bond donors (Lipinski definition) is 2. The molecule has 0 spiro atoms. The summed E-state index contributed by atoms with van der Waals surface area (Å²) in [5.41, 5.74) is 0. The van der Waals surface area contributed by atoms with Crippen LogP contribution >= 0.6 is 0 Å². The van der Waals surface area contributed by atoms with Crippen molar-refractivity contribution in [2.24, 2.45) is 5.92 Å². The van der Waals surface area contributed by atoms with Crippen molar-refractivity contribution in [2.75, 3.05) is 19.6 Å². The standard InChI is InChI=1S/C15H30N2O3S/c1-12(2)21(19,20)16-10-13-6-5-9-17(11-13)14-7-3-4-8-15(14)18/h12-16,18H,3-11H2,1-2H3/t13-,14+,15-/m0/s1. The second-order valence-corrected chi connectivity index (χ2v) is 9.19. The number of likely N-dealkylation sites (tertiary alicyclic amines) is 1. The highest BCUT2D eigenvalue weighted by Crippen LogP contribution is 2.27. The lowest BCUT2D eigenvalue weighted by Gasteiger charge is -2.42. The highest BCUT2D eigenvalue weighted by atomic mass is 32.2. The van der Waals surface area contributed by atoms with Crippen LogP contribution in [0, 0.1) is 5.92 Å². The topological polar surface area (TPSA) is 69.6 Å². The first-order valence-electron chi connectivity index (χ1n) is 8.30. The minimum atomic E-state index is -3.17. The molecule has 1 saturated heterocycles. The molecular weight excluding hydrogens is 288 g/mol. The molecule has 0 unspecified atom stereocenters. The van der Waals surface area contributed by atoms with Crippen LogP contribution < -0.4 is 4.72 Å². The van der Waals surface area contributed by atoms with Gasteiger partial charge < -0.3 is 5.11 Å². The molecule has 2 aliphatic rings. The van der Waals surface area contributed by atoms with Gasteiger partial charge in [0.05, 0.1) is 11.4 Å². The Bertz CT molecular complexity index is 425. The van der Waals surface area contributed by atoms with E-state index in [0.29, 0.717) is 12.5 Å². The average Bonchev–Trinajstić information content (AvgIpc) is 2.46. The Hall–Kier alpha value is -0.170. The van der Waals surface area contributed by atoms with Crippen LogP contribution in [-0.4, -0.2) is 55.5 Å². The van der Waals surface area contributed by atoms with Crippen molar-refractivity contribution in [3.63, 3.8) is 0 Å². The van der Waals surface area contributed by atoms with E-state index >= 15 is 0 Å². The molecule has 2 N–H and O–H groups in total. The summed E-state index contributed by atoms with van der Waals surface area (Å²) < 4.78 is 26.4. The van der Waals surface area contributed by atoms with Crippen molar-refractivity contribution in [1.29, 1.82) is 0 Å². The lowest BCUT2D eigenvalue weighted by atomic mass is 9.88. The van der Waals surface area contributed by atoms with E-state index < -0.39 is 10.0 Å². The minimum absolute atomic E-state index is 0.204. The molecule has 124 valence electrons. The smallest absolute Gasteiger partial charge is 0.213 e. The number of hydrogen-bond acceptors (Lipinski definition) is 4. The van der Waals surface area contributed by atoms with Crippen molar-refractivity contribution in [1.82, 2.24) is 9.62 Å². The Labute approximate surface area is 129 Å². The van der Waals surface area contributed by atoms with E-state index in [-0.39, 0.29) is 17.4 Å². The first-order valence-corrected chi connectivity index (χ1v) is 9.85. The van der Waals surface area contributed by atoms with Crippen LogP contribution in [0.1, 0.15) is 52.4 Å². The summed E-state index contributed by atoms with van der Waals surface area (Å²) in [4.78, 5) is 2.39. The summed E-state index contributed by atoms with van der Waals surface area (Å²) in [6.45, 7) is 5.87. The molecule has 6 heteroatoms. The van der Waals surface area contributed by atoms with E-state index in [0.717, 1.165) is 45.2 Å². The summed E-state index contributed by atoms with van der Waals surface area (Å²) in [6.07, 6.45) is 6.27. The van der Waals surface area contributed by atoms with Crippen molar-refractivity contribution < 1.29 is 13.5 Å². The van der Waals surface area contributed by atoms with Gasteiger partial charge in [0.2, 0.25) is 10.0 Å². The fourth-order valence-electron chi connectivity index (χ4n) is 3.48. The normalized spacial score (nSPS) is 32.5. The van der Waals surface area contributed by atoms with Gasteiger partial charge >= 0.3 is 0 Å². The highest BCUT2D eigenvalue weighted by Gasteiger charge is 2.32. The van der Waals surface area contributed by atoms with Gasteiger partial charge in [-0.2, -0.15) is 0 Å². The lowest BCUT2D eigenvalue weighted by Crippen LogP contribution is -2.51. The second-order valence-electron chi connectivity index (χ2n) is 6.86. The Morgan fingerprint density at radius 3 is 2.57 bits per heavy atom. The molecule has 0 radical (unpaired) electrons. The predicted molar refractivity (Wildman–Crippen MR) is 84.6 cm³/mol. The van der Waals surface area contributed by atoms with Crippen LogP contribution in [0.5, 0.6) is 0 Å². The van der Waals surface area contributed by atoms with Gasteiger partial charge in [-0.15, -0.1) is 0 Å². The summed E-state index contributed by atoms with van der Waals surface area (Å²) in [5, 5.41) is 9.81. The predicted octanol–water partition coefficient (Wildman–Crippen LogP) is 1.33. The van der Waals surface area contributed by atoms with Crippen LogP contribution in [0.25, 0.3) is 0 Å². The molecular formula is C15H30N2O3S. The molecule has 3 atom stereocenters. The van der Waals surface area contributed by atoms with E-state index in [1.54, 1.807) is 13.8 Å². The summed E-state index contributed by atoms with van der Waals surface area (Å²) >= 11 is 0. The SMILES string of the molecule is CC(C)S(=O)(=O)NC[C@@H]1CCCN([C@@H]2CCCC[C@@H]2O)C1. The van der Waals surface area contributed by atoms with Crippen LogP contribution in [0.3, 0.4) is 0 Å². The number of rotatable bonds is 5. The average molecular weight is 318 g/mol. The van der Waals surface area contributed by atoms with Crippen molar-refractivity contribution in [3.05, 3.63) is 0 Å². The number of nitrogens with one attached hydrogen (secondary N) is 1. The van der Waals surface area contributed by atoms with Crippen molar-refractivity contribution in [2.45, 2.75) is 69.8 Å². The minimum Gasteiger partial charge on any atom is -0.391 e. The highest BCUT2D eigenvalue weighted by molar-refractivity contribution is 7.90. The van der Waals surface area contributed by atoms with Gasteiger partial charge in [0.15, 0.2) is 0 Å². The maximum absolute atomic E-state index is 11.8. The Kier molecular flexibility index (Phi) is 6.05. The Balaban J connectivity index is 1.86. The van der Waals surface area contributed by atoms with Crippen LogP contribution in [0.15, 0.2) is 0 Å². The van der Waals surface area contributed by atoms with E-state index in [4.69, 9.17) is 0 Å². The Morgan fingerprint density at radius 1 is 1.19 bits per heavy atom. The molecule has 1 saturated carbocycles. The largest absolute Gasteiger partial charge is 0.391 e. The van der Waals surface area contributed by atoms with Gasteiger partial charge in [0.1, 0.15) is 0 Å². The van der Waals surface area contributed by atoms with Gasteiger partial charge in [-0.1, -0.05) is 12.8 Å². The van der Waals surface area contributed by atoms with Gasteiger partial charge in [0.25, 0.3) is 0 Å². The number of nitrogens with zero attached hydrogens (tertiary/aromatic N) is 1. The molecule has 0 aromatic carbocycles. The molecule has 1 aliphatic heterocycles. The fourth-order valence-corrected chi connectivity index (χ4v) is 4.28. The third kappa shape index (κ3) is 4.65. The molecule has 2 fully saturated rings. The summed E-state index contributed by atoms with van der Waals surface area (Å²) in [7, 11) is -3.17. The maximum Gasteiger partial charge on any atom is 0.213 e. The molecule has 1 aliphatic carbocycles. The van der Waals surface area contributed by atoms with E-state index in [9.17, 15) is 13.5 Å². The van der Waals surface area contributed by atoms with Crippen LogP contribution in [0.2, 0.25) is 0 Å². The van der Waals surface area contributed by atoms with Gasteiger partial charge in [0, 0.05) is 19.1 Å². The number of aliphatic hydroxyl groups is 1. The molecule has 21 heavy (non-hydrogen) atoms. The van der Waals surface area contributed by atoms with Crippen molar-refractivity contribution >= 4 is 10.0 Å². The first kappa shape index (κ1) is 17.2. The first-order chi connectivity index (χ1) is 9.90. The molecule has 0 aromatic rings. The van der Waals surface area contributed by atoms with Crippen LogP contribution in [-0.2, 0) is 10.0 Å². The van der Waals surface area contributed by atoms with E-state index in [1.807, 2.05) is 0 Å². The molecule has 5 nitrogen and oxygen atoms in total. The summed E-state index contributed by atoms with van der Waals surface area (Å²) in [6, 6.07) is 0.281. The molecule has 1 heterocycles. The number of sulfonamides is 1. The van der Waals surface area contributed by atoms with Crippen LogP contribution in [0.4, 0.5) is 0 Å². The summed E-state index contributed by atoms with van der Waals surface area (Å²) in [5.74, 6) is 0.362.